The molecule has 0 aliphatic heterocycles. The van der Waals surface area contributed by atoms with Gasteiger partial charge in [-0.05, 0) is 13.3 Å². The molecule has 82 valence electrons. The summed E-state index contributed by atoms with van der Waals surface area (Å²) in [6.07, 6.45) is 1.40. The van der Waals surface area contributed by atoms with Crippen LogP contribution in [0.3, 0.4) is 0 Å². The van der Waals surface area contributed by atoms with E-state index in [0.29, 0.717) is 18.0 Å². The van der Waals surface area contributed by atoms with E-state index in [1.165, 1.54) is 0 Å². The molecule has 0 bridgehead atoms. The zero-order valence-electron chi connectivity index (χ0n) is 9.04. The number of nitrogens with one attached hydrogen (secondary N) is 1. The summed E-state index contributed by atoms with van der Waals surface area (Å²) >= 11 is 4.80. The van der Waals surface area contributed by atoms with Crippen LogP contribution in [0.5, 0.6) is 0 Å². The molecular weight excluding hydrogens is 198 g/mol. The van der Waals surface area contributed by atoms with E-state index < -0.39 is 0 Å². The smallest absolute Gasteiger partial charge is 0.317 e. The molecule has 0 aromatic rings. The first-order valence-corrected chi connectivity index (χ1v) is 5.22. The summed E-state index contributed by atoms with van der Waals surface area (Å²) in [5.41, 5.74) is 5.42. The average Bonchev–Trinajstić information content (AvgIpc) is 2.14. The van der Waals surface area contributed by atoms with Gasteiger partial charge >= 0.3 is 6.03 Å². The molecular formula is C9H19N3OS. The molecule has 0 aliphatic rings. The van der Waals surface area contributed by atoms with Crippen molar-refractivity contribution in [2.24, 2.45) is 5.73 Å². The van der Waals surface area contributed by atoms with E-state index in [1.807, 2.05) is 13.8 Å². The molecule has 2 amide bonds. The molecule has 1 unspecified atom stereocenters. The number of amides is 2. The van der Waals surface area contributed by atoms with Gasteiger partial charge in [0.2, 0.25) is 0 Å². The molecule has 0 aliphatic carbocycles. The molecule has 0 fully saturated rings. The van der Waals surface area contributed by atoms with Crippen LogP contribution in [0, 0.1) is 0 Å². The molecule has 0 aromatic heterocycles. The first kappa shape index (κ1) is 13.2. The van der Waals surface area contributed by atoms with Crippen LogP contribution in [0.15, 0.2) is 0 Å². The second-order valence-corrected chi connectivity index (χ2v) is 3.76. The number of hydrogen-bond acceptors (Lipinski definition) is 2. The Balaban J connectivity index is 4.04. The first-order chi connectivity index (χ1) is 6.51. The molecule has 0 heterocycles. The quantitative estimate of drug-likeness (QED) is 0.678. The van der Waals surface area contributed by atoms with Crippen molar-refractivity contribution in [1.82, 2.24) is 10.2 Å². The molecule has 0 spiro atoms. The highest BCUT2D eigenvalue weighted by Crippen LogP contribution is 1.98. The molecule has 0 radical (unpaired) electrons. The number of carbonyl (C=O) groups excluding carboxylic acids is 1. The first-order valence-electron chi connectivity index (χ1n) is 4.81. The van der Waals surface area contributed by atoms with Gasteiger partial charge in [0.1, 0.15) is 0 Å². The molecule has 0 saturated heterocycles. The van der Waals surface area contributed by atoms with Gasteiger partial charge in [0, 0.05) is 26.1 Å². The molecule has 5 heteroatoms. The molecule has 4 nitrogen and oxygen atoms in total. The number of urea groups is 1. The summed E-state index contributed by atoms with van der Waals surface area (Å²) in [7, 11) is 1.75. The van der Waals surface area contributed by atoms with Crippen LogP contribution in [0.25, 0.3) is 0 Å². The van der Waals surface area contributed by atoms with Crippen LogP contribution < -0.4 is 11.1 Å². The fourth-order valence-corrected chi connectivity index (χ4v) is 1.17. The number of nitrogens with zero attached hydrogens (tertiary/aromatic N) is 1. The highest BCUT2D eigenvalue weighted by molar-refractivity contribution is 7.80. The minimum atomic E-state index is -0.0735. The van der Waals surface area contributed by atoms with E-state index in [2.05, 4.69) is 5.32 Å². The van der Waals surface area contributed by atoms with Crippen molar-refractivity contribution in [3.05, 3.63) is 0 Å². The van der Waals surface area contributed by atoms with Crippen molar-refractivity contribution in [3.63, 3.8) is 0 Å². The van der Waals surface area contributed by atoms with Crippen LogP contribution in [0.2, 0.25) is 0 Å². The number of nitrogens with two attached hydrogens (primary N) is 1. The summed E-state index contributed by atoms with van der Waals surface area (Å²) < 4.78 is 0. The van der Waals surface area contributed by atoms with Gasteiger partial charge in [-0.15, -0.1) is 0 Å². The van der Waals surface area contributed by atoms with E-state index in [-0.39, 0.29) is 12.1 Å². The Labute approximate surface area is 90.8 Å². The van der Waals surface area contributed by atoms with E-state index in [1.54, 1.807) is 11.9 Å². The van der Waals surface area contributed by atoms with Crippen molar-refractivity contribution in [3.8, 4) is 0 Å². The highest BCUT2D eigenvalue weighted by atomic mass is 32.1. The van der Waals surface area contributed by atoms with E-state index in [4.69, 9.17) is 18.0 Å². The Morgan fingerprint density at radius 3 is 2.50 bits per heavy atom. The van der Waals surface area contributed by atoms with Crippen LogP contribution >= 0.6 is 12.2 Å². The fraction of sp³-hybridized carbons (Fsp3) is 0.778. The van der Waals surface area contributed by atoms with E-state index >= 15 is 0 Å². The third-order valence-electron chi connectivity index (χ3n) is 2.09. The summed E-state index contributed by atoms with van der Waals surface area (Å²) in [6.45, 7) is 4.61. The Morgan fingerprint density at radius 1 is 1.57 bits per heavy atom. The average molecular weight is 217 g/mol. The third-order valence-corrected chi connectivity index (χ3v) is 2.26. The molecule has 3 N–H and O–H groups in total. The Hall–Kier alpha value is -0.840. The number of carbonyl (C=O) groups is 1. The highest BCUT2D eigenvalue weighted by Gasteiger charge is 2.13. The topological polar surface area (TPSA) is 58.4 Å². The monoisotopic (exact) mass is 217 g/mol. The number of rotatable bonds is 5. The molecule has 0 rings (SSSR count). The zero-order valence-corrected chi connectivity index (χ0v) is 9.86. The van der Waals surface area contributed by atoms with E-state index in [0.717, 1.165) is 6.42 Å². The maximum atomic E-state index is 11.5. The molecule has 0 aromatic carbocycles. The van der Waals surface area contributed by atoms with Gasteiger partial charge in [0.05, 0.1) is 4.99 Å². The lowest BCUT2D eigenvalue weighted by Crippen LogP contribution is -2.44. The Bertz CT molecular complexity index is 208. The second-order valence-electron chi connectivity index (χ2n) is 3.24. The lowest BCUT2D eigenvalue weighted by molar-refractivity contribution is 0.206. The van der Waals surface area contributed by atoms with Crippen LogP contribution in [-0.4, -0.2) is 35.6 Å². The predicted octanol–water partition coefficient (Wildman–Crippen LogP) is 1.10. The van der Waals surface area contributed by atoms with Gasteiger partial charge < -0.3 is 16.0 Å². The van der Waals surface area contributed by atoms with Gasteiger partial charge in [0.15, 0.2) is 0 Å². The summed E-state index contributed by atoms with van der Waals surface area (Å²) in [5, 5.41) is 2.87. The number of thiocarbonyl (C=S) groups is 1. The lowest BCUT2D eigenvalue weighted by atomic mass is 10.1. The maximum Gasteiger partial charge on any atom is 0.317 e. The number of hydrogen-bond donors (Lipinski definition) is 2. The van der Waals surface area contributed by atoms with E-state index in [9.17, 15) is 4.79 Å². The minimum Gasteiger partial charge on any atom is -0.393 e. The van der Waals surface area contributed by atoms with Crippen molar-refractivity contribution < 1.29 is 4.79 Å². The zero-order chi connectivity index (χ0) is 11.1. The molecule has 14 heavy (non-hydrogen) atoms. The van der Waals surface area contributed by atoms with Gasteiger partial charge in [-0.3, -0.25) is 0 Å². The third kappa shape index (κ3) is 5.01. The summed E-state index contributed by atoms with van der Waals surface area (Å²) in [6, 6.07) is -0.0235. The Kier molecular flexibility index (Phi) is 6.19. The predicted molar refractivity (Wildman–Crippen MR) is 62.3 cm³/mol. The normalized spacial score (nSPS) is 11.9. The summed E-state index contributed by atoms with van der Waals surface area (Å²) in [4.78, 5) is 13.5. The minimum absolute atomic E-state index is 0.0500. The van der Waals surface area contributed by atoms with Crippen molar-refractivity contribution in [2.45, 2.75) is 32.7 Å². The Morgan fingerprint density at radius 2 is 2.14 bits per heavy atom. The van der Waals surface area contributed by atoms with Crippen LogP contribution in [-0.2, 0) is 0 Å². The van der Waals surface area contributed by atoms with Gasteiger partial charge in [-0.25, -0.2) is 4.79 Å². The second kappa shape index (κ2) is 6.59. The molecule has 0 saturated carbocycles. The fourth-order valence-electron chi connectivity index (χ4n) is 0.969. The SMILES string of the molecule is CCC(CC(N)=S)NC(=O)N(C)CC. The van der Waals surface area contributed by atoms with Gasteiger partial charge in [0.25, 0.3) is 0 Å². The maximum absolute atomic E-state index is 11.5. The van der Waals surface area contributed by atoms with Gasteiger partial charge in [-0.1, -0.05) is 19.1 Å². The van der Waals surface area contributed by atoms with Crippen molar-refractivity contribution in [1.29, 1.82) is 0 Å². The summed E-state index contributed by atoms with van der Waals surface area (Å²) in [5.74, 6) is 0. The lowest BCUT2D eigenvalue weighted by Gasteiger charge is -2.21. The van der Waals surface area contributed by atoms with Crippen LogP contribution in [0.1, 0.15) is 26.7 Å². The largest absolute Gasteiger partial charge is 0.393 e. The van der Waals surface area contributed by atoms with Crippen LogP contribution in [0.4, 0.5) is 4.79 Å². The van der Waals surface area contributed by atoms with Crippen molar-refractivity contribution >= 4 is 23.2 Å². The van der Waals surface area contributed by atoms with Crippen molar-refractivity contribution in [2.75, 3.05) is 13.6 Å². The molecule has 1 atom stereocenters. The van der Waals surface area contributed by atoms with Gasteiger partial charge in [-0.2, -0.15) is 0 Å². The standard InChI is InChI=1S/C9H19N3OS/c1-4-7(6-8(10)14)11-9(13)12(3)5-2/h7H,4-6H2,1-3H3,(H2,10,14)(H,11,13).